The number of benzene rings is 1. The molecule has 1 aromatic carbocycles. The third kappa shape index (κ3) is 3.00. The van der Waals surface area contributed by atoms with E-state index in [2.05, 4.69) is 10.7 Å². The number of carbonyl (C=O) groups excluding carboxylic acids is 1. The third-order valence-electron chi connectivity index (χ3n) is 3.15. The van der Waals surface area contributed by atoms with Gasteiger partial charge in [-0.25, -0.2) is 0 Å². The van der Waals surface area contributed by atoms with Crippen LogP contribution in [0.15, 0.2) is 18.2 Å². The zero-order valence-electron chi connectivity index (χ0n) is 10.5. The number of nitrogens with two attached hydrogens (primary N) is 1. The first-order chi connectivity index (χ1) is 8.70. The van der Waals surface area contributed by atoms with Gasteiger partial charge in [-0.3, -0.25) is 10.6 Å². The number of nitrogen functional groups attached to an aromatic ring is 1. The Morgan fingerprint density at radius 1 is 1.56 bits per heavy atom. The fourth-order valence-corrected chi connectivity index (χ4v) is 2.12. The van der Waals surface area contributed by atoms with Crippen LogP contribution in [0.1, 0.15) is 28.8 Å². The molecule has 1 heterocycles. The molecule has 0 radical (unpaired) electrons. The molecule has 1 aliphatic heterocycles. The molecule has 98 valence electrons. The Hall–Kier alpha value is -1.59. The number of nitrogens with one attached hydrogen (secondary N) is 2. The molecule has 1 aromatic rings. The molecule has 5 nitrogen and oxygen atoms in total. The van der Waals surface area contributed by atoms with Crippen LogP contribution in [-0.2, 0) is 4.74 Å². The Labute approximate surface area is 107 Å². The standard InChI is InChI=1S/C13H19N3O2/c1-9-7-10(16-14)4-5-12(9)13(17)15-8-11-3-2-6-18-11/h4-5,7,11,16H,2-3,6,8,14H2,1H3,(H,15,17). The molecule has 1 aliphatic rings. The van der Waals surface area contributed by atoms with Crippen molar-refractivity contribution in [3.8, 4) is 0 Å². The van der Waals surface area contributed by atoms with Crippen LogP contribution in [0, 0.1) is 6.92 Å². The van der Waals surface area contributed by atoms with Gasteiger partial charge in [0.25, 0.3) is 5.91 Å². The second-order valence-corrected chi connectivity index (χ2v) is 4.52. The summed E-state index contributed by atoms with van der Waals surface area (Å²) in [5.74, 6) is 5.26. The van der Waals surface area contributed by atoms with Gasteiger partial charge < -0.3 is 15.5 Å². The summed E-state index contributed by atoms with van der Waals surface area (Å²) in [4.78, 5) is 12.0. The molecule has 5 heteroatoms. The summed E-state index contributed by atoms with van der Waals surface area (Å²) in [5, 5.41) is 2.90. The van der Waals surface area contributed by atoms with Gasteiger partial charge in [-0.15, -0.1) is 0 Å². The van der Waals surface area contributed by atoms with Crippen LogP contribution in [-0.4, -0.2) is 25.2 Å². The molecule has 1 fully saturated rings. The first-order valence-electron chi connectivity index (χ1n) is 6.18. The number of rotatable bonds is 4. The molecule has 0 aromatic heterocycles. The number of anilines is 1. The van der Waals surface area contributed by atoms with E-state index in [9.17, 15) is 4.79 Å². The molecule has 0 aliphatic carbocycles. The van der Waals surface area contributed by atoms with Gasteiger partial charge in [0, 0.05) is 24.4 Å². The largest absolute Gasteiger partial charge is 0.376 e. The maximum absolute atomic E-state index is 12.0. The summed E-state index contributed by atoms with van der Waals surface area (Å²) in [6, 6.07) is 5.41. The van der Waals surface area contributed by atoms with Crippen molar-refractivity contribution in [1.29, 1.82) is 0 Å². The lowest BCUT2D eigenvalue weighted by molar-refractivity contribution is 0.0857. The zero-order chi connectivity index (χ0) is 13.0. The molecule has 0 spiro atoms. The lowest BCUT2D eigenvalue weighted by Crippen LogP contribution is -2.32. The van der Waals surface area contributed by atoms with Crippen molar-refractivity contribution < 1.29 is 9.53 Å². The average molecular weight is 249 g/mol. The number of hydrogen-bond donors (Lipinski definition) is 3. The van der Waals surface area contributed by atoms with Gasteiger partial charge in [0.2, 0.25) is 0 Å². The Kier molecular flexibility index (Phi) is 4.17. The van der Waals surface area contributed by atoms with Crippen LogP contribution in [0.25, 0.3) is 0 Å². The Morgan fingerprint density at radius 2 is 2.39 bits per heavy atom. The second-order valence-electron chi connectivity index (χ2n) is 4.52. The van der Waals surface area contributed by atoms with Crippen molar-refractivity contribution in [2.24, 2.45) is 5.84 Å². The number of hydrogen-bond acceptors (Lipinski definition) is 4. The molecular weight excluding hydrogens is 230 g/mol. The minimum Gasteiger partial charge on any atom is -0.376 e. The fraction of sp³-hybridized carbons (Fsp3) is 0.462. The summed E-state index contributed by atoms with van der Waals surface area (Å²) in [6.45, 7) is 3.27. The van der Waals surface area contributed by atoms with E-state index in [-0.39, 0.29) is 12.0 Å². The van der Waals surface area contributed by atoms with E-state index in [1.54, 1.807) is 12.1 Å². The first-order valence-corrected chi connectivity index (χ1v) is 6.18. The van der Waals surface area contributed by atoms with Crippen molar-refractivity contribution in [3.05, 3.63) is 29.3 Å². The average Bonchev–Trinajstić information content (AvgIpc) is 2.88. The number of hydrazine groups is 1. The molecule has 0 saturated carbocycles. The van der Waals surface area contributed by atoms with Gasteiger partial charge in [-0.2, -0.15) is 0 Å². The van der Waals surface area contributed by atoms with Crippen molar-refractivity contribution in [2.75, 3.05) is 18.6 Å². The highest BCUT2D eigenvalue weighted by atomic mass is 16.5. The van der Waals surface area contributed by atoms with Crippen LogP contribution < -0.4 is 16.6 Å². The smallest absolute Gasteiger partial charge is 0.251 e. The molecule has 1 unspecified atom stereocenters. The van der Waals surface area contributed by atoms with Gasteiger partial charge in [0.05, 0.1) is 6.10 Å². The van der Waals surface area contributed by atoms with Crippen LogP contribution in [0.5, 0.6) is 0 Å². The molecule has 0 bridgehead atoms. The summed E-state index contributed by atoms with van der Waals surface area (Å²) in [7, 11) is 0. The molecule has 2 rings (SSSR count). The van der Waals surface area contributed by atoms with E-state index < -0.39 is 0 Å². The van der Waals surface area contributed by atoms with Crippen LogP contribution in [0.2, 0.25) is 0 Å². The highest BCUT2D eigenvalue weighted by Gasteiger charge is 2.17. The number of carbonyl (C=O) groups is 1. The molecule has 1 saturated heterocycles. The minimum atomic E-state index is -0.0634. The minimum absolute atomic E-state index is 0.0634. The van der Waals surface area contributed by atoms with Crippen LogP contribution in [0.3, 0.4) is 0 Å². The number of ether oxygens (including phenoxy) is 1. The summed E-state index contributed by atoms with van der Waals surface area (Å²) in [6.07, 6.45) is 2.27. The van der Waals surface area contributed by atoms with Gasteiger partial charge in [-0.1, -0.05) is 0 Å². The van der Waals surface area contributed by atoms with E-state index in [1.165, 1.54) is 0 Å². The van der Waals surface area contributed by atoms with Crippen molar-refractivity contribution in [2.45, 2.75) is 25.9 Å². The van der Waals surface area contributed by atoms with E-state index in [4.69, 9.17) is 10.6 Å². The SMILES string of the molecule is Cc1cc(NN)ccc1C(=O)NCC1CCCO1. The monoisotopic (exact) mass is 249 g/mol. The quantitative estimate of drug-likeness (QED) is 0.553. The molecule has 18 heavy (non-hydrogen) atoms. The van der Waals surface area contributed by atoms with Crippen LogP contribution >= 0.6 is 0 Å². The van der Waals surface area contributed by atoms with E-state index in [0.717, 1.165) is 30.7 Å². The molecule has 4 N–H and O–H groups in total. The summed E-state index contributed by atoms with van der Waals surface area (Å²) < 4.78 is 5.46. The van der Waals surface area contributed by atoms with Gasteiger partial charge in [0.15, 0.2) is 0 Å². The maximum Gasteiger partial charge on any atom is 0.251 e. The lowest BCUT2D eigenvalue weighted by atomic mass is 10.1. The van der Waals surface area contributed by atoms with Gasteiger partial charge in [-0.05, 0) is 43.5 Å². The normalized spacial score (nSPS) is 18.7. The van der Waals surface area contributed by atoms with Crippen LogP contribution in [0.4, 0.5) is 5.69 Å². The molecular formula is C13H19N3O2. The Balaban J connectivity index is 1.95. The van der Waals surface area contributed by atoms with E-state index >= 15 is 0 Å². The predicted molar refractivity (Wildman–Crippen MR) is 70.3 cm³/mol. The Bertz CT molecular complexity index is 428. The fourth-order valence-electron chi connectivity index (χ4n) is 2.12. The van der Waals surface area contributed by atoms with Crippen molar-refractivity contribution in [3.63, 3.8) is 0 Å². The molecule has 1 atom stereocenters. The second kappa shape index (κ2) is 5.84. The van der Waals surface area contributed by atoms with Gasteiger partial charge >= 0.3 is 0 Å². The molecule has 1 amide bonds. The highest BCUT2D eigenvalue weighted by Crippen LogP contribution is 2.15. The van der Waals surface area contributed by atoms with E-state index in [1.807, 2.05) is 13.0 Å². The zero-order valence-corrected chi connectivity index (χ0v) is 10.5. The Morgan fingerprint density at radius 3 is 3.00 bits per heavy atom. The first kappa shape index (κ1) is 12.9. The highest BCUT2D eigenvalue weighted by molar-refractivity contribution is 5.96. The summed E-state index contributed by atoms with van der Waals surface area (Å²) >= 11 is 0. The number of amides is 1. The van der Waals surface area contributed by atoms with Gasteiger partial charge in [0.1, 0.15) is 0 Å². The van der Waals surface area contributed by atoms with Crippen molar-refractivity contribution >= 4 is 11.6 Å². The predicted octanol–water partition coefficient (Wildman–Crippen LogP) is 1.19. The topological polar surface area (TPSA) is 76.4 Å². The maximum atomic E-state index is 12.0. The number of aryl methyl sites for hydroxylation is 1. The van der Waals surface area contributed by atoms with Crippen molar-refractivity contribution in [1.82, 2.24) is 5.32 Å². The summed E-state index contributed by atoms with van der Waals surface area (Å²) in [5.41, 5.74) is 4.93. The van der Waals surface area contributed by atoms with E-state index in [0.29, 0.717) is 12.1 Å². The lowest BCUT2D eigenvalue weighted by Gasteiger charge is -2.12. The third-order valence-corrected chi connectivity index (χ3v) is 3.15.